The first-order chi connectivity index (χ1) is 24.1. The van der Waals surface area contributed by atoms with Gasteiger partial charge < -0.3 is 29.5 Å². The normalized spacial score (nSPS) is 14.6. The van der Waals surface area contributed by atoms with Gasteiger partial charge in [0.1, 0.15) is 6.61 Å². The Kier molecular flexibility index (Phi) is 31.8. The lowest BCUT2D eigenvalue weighted by molar-refractivity contribution is -0.161. The molecular formula is C39H65O10P. The maximum Gasteiger partial charge on any atom is 0.469 e. The van der Waals surface area contributed by atoms with Gasteiger partial charge in [0, 0.05) is 12.8 Å². The van der Waals surface area contributed by atoms with Crippen molar-refractivity contribution >= 4 is 19.8 Å². The summed E-state index contributed by atoms with van der Waals surface area (Å²) in [5, 5.41) is 19.8. The molecule has 0 aromatic heterocycles. The highest BCUT2D eigenvalue weighted by molar-refractivity contribution is 7.46. The van der Waals surface area contributed by atoms with E-state index in [2.05, 4.69) is 11.4 Å². The number of esters is 2. The van der Waals surface area contributed by atoms with Crippen LogP contribution in [0.3, 0.4) is 0 Å². The summed E-state index contributed by atoms with van der Waals surface area (Å²) in [4.78, 5) is 42.6. The number of hydrogen-bond donors (Lipinski definition) is 4. The van der Waals surface area contributed by atoms with Gasteiger partial charge in [-0.3, -0.25) is 14.1 Å². The van der Waals surface area contributed by atoms with E-state index in [9.17, 15) is 24.4 Å². The fraction of sp³-hybridized carbons (Fsp3) is 0.641. The van der Waals surface area contributed by atoms with Crippen molar-refractivity contribution in [3.8, 4) is 0 Å². The number of carbonyl (C=O) groups excluding carboxylic acids is 2. The molecule has 11 heteroatoms. The standard InChI is InChI=1S/C39H65O10P/c1-3-5-7-8-9-10-11-12-13-18-26-32-39(43)49-37(34-48-50(44,45)46)33-47-38(42)31-25-17-15-14-16-22-28-36(41)30-24-20-19-23-29-35(40)27-21-6-4-2/h6,15-17,19-24,29-30,35-37,40-41H,3-5,7-14,18,25-28,31-34H2,1-2H3,(H2,44,45,46)/b17-15-,20-19-,21-6-,22-16-,29-23+,30-24+/t35-,36+,37-/m1/s1. The topological polar surface area (TPSA) is 160 Å². The van der Waals surface area contributed by atoms with E-state index in [0.29, 0.717) is 32.1 Å². The number of hydrogen-bond acceptors (Lipinski definition) is 8. The molecule has 4 N–H and O–H groups in total. The second-order valence-electron chi connectivity index (χ2n) is 12.2. The van der Waals surface area contributed by atoms with Crippen molar-refractivity contribution in [1.82, 2.24) is 0 Å². The number of unbranched alkanes of at least 4 members (excludes halogenated alkanes) is 10. The van der Waals surface area contributed by atoms with Gasteiger partial charge in [-0.25, -0.2) is 4.57 Å². The zero-order chi connectivity index (χ0) is 37.1. The Balaban J connectivity index is 4.25. The van der Waals surface area contributed by atoms with E-state index in [1.807, 2.05) is 43.4 Å². The molecule has 0 unspecified atom stereocenters. The number of aliphatic hydroxyl groups excluding tert-OH is 2. The van der Waals surface area contributed by atoms with Crippen molar-refractivity contribution in [2.75, 3.05) is 13.2 Å². The van der Waals surface area contributed by atoms with Crippen LogP contribution in [0.4, 0.5) is 0 Å². The number of rotatable bonds is 32. The molecule has 0 amide bonds. The van der Waals surface area contributed by atoms with Crippen molar-refractivity contribution < 1.29 is 48.2 Å². The van der Waals surface area contributed by atoms with E-state index in [1.165, 1.54) is 44.9 Å². The van der Waals surface area contributed by atoms with Crippen molar-refractivity contribution in [3.05, 3.63) is 72.9 Å². The Morgan fingerprint density at radius 3 is 1.74 bits per heavy atom. The van der Waals surface area contributed by atoms with Gasteiger partial charge in [0.2, 0.25) is 0 Å². The van der Waals surface area contributed by atoms with Crippen LogP contribution in [0.2, 0.25) is 0 Å². The third-order valence-corrected chi connectivity index (χ3v) is 7.90. The number of carbonyl (C=O) groups is 2. The van der Waals surface area contributed by atoms with Gasteiger partial charge in [0.15, 0.2) is 6.10 Å². The summed E-state index contributed by atoms with van der Waals surface area (Å²) in [6, 6.07) is 0. The van der Waals surface area contributed by atoms with Gasteiger partial charge >= 0.3 is 19.8 Å². The van der Waals surface area contributed by atoms with E-state index >= 15 is 0 Å². The molecule has 0 heterocycles. The van der Waals surface area contributed by atoms with Gasteiger partial charge in [0.25, 0.3) is 0 Å². The number of aliphatic hydroxyl groups is 2. The number of ether oxygens (including phenoxy) is 2. The average molecular weight is 725 g/mol. The molecule has 10 nitrogen and oxygen atoms in total. The van der Waals surface area contributed by atoms with E-state index in [0.717, 1.165) is 25.7 Å². The molecule has 0 saturated heterocycles. The minimum Gasteiger partial charge on any atom is -0.462 e. The Bertz CT molecular complexity index is 1070. The van der Waals surface area contributed by atoms with Gasteiger partial charge in [0.05, 0.1) is 18.8 Å². The molecular weight excluding hydrogens is 659 g/mol. The molecule has 0 aromatic rings. The van der Waals surface area contributed by atoms with E-state index in [1.54, 1.807) is 36.5 Å². The van der Waals surface area contributed by atoms with Crippen LogP contribution in [0, 0.1) is 0 Å². The van der Waals surface area contributed by atoms with Crippen LogP contribution >= 0.6 is 7.82 Å². The van der Waals surface area contributed by atoms with E-state index < -0.39 is 44.7 Å². The summed E-state index contributed by atoms with van der Waals surface area (Å²) >= 11 is 0. The first-order valence-corrected chi connectivity index (χ1v) is 20.0. The first-order valence-electron chi connectivity index (χ1n) is 18.4. The highest BCUT2D eigenvalue weighted by Gasteiger charge is 2.22. The van der Waals surface area contributed by atoms with Crippen molar-refractivity contribution in [2.24, 2.45) is 0 Å². The highest BCUT2D eigenvalue weighted by Crippen LogP contribution is 2.36. The Morgan fingerprint density at radius 1 is 0.640 bits per heavy atom. The lowest BCUT2D eigenvalue weighted by atomic mass is 10.1. The van der Waals surface area contributed by atoms with Crippen LogP contribution < -0.4 is 0 Å². The zero-order valence-corrected chi connectivity index (χ0v) is 31.4. The minimum atomic E-state index is -4.79. The Labute approximate surface area is 301 Å². The predicted molar refractivity (Wildman–Crippen MR) is 200 cm³/mol. The SMILES string of the molecule is CC/C=C\C[C@@H](O)/C=C/C=C\C=C\[C@@H](O)C/C=C\C/C=C\CCC(=O)OC[C@H](COP(=O)(O)O)OC(=O)CCCCCCCCCCCCC. The van der Waals surface area contributed by atoms with Gasteiger partial charge in [-0.2, -0.15) is 0 Å². The molecule has 0 aliphatic heterocycles. The highest BCUT2D eigenvalue weighted by atomic mass is 31.2. The van der Waals surface area contributed by atoms with Crippen LogP contribution in [-0.4, -0.2) is 63.5 Å². The molecule has 50 heavy (non-hydrogen) atoms. The van der Waals surface area contributed by atoms with Crippen molar-refractivity contribution in [2.45, 2.75) is 148 Å². The summed E-state index contributed by atoms with van der Waals surface area (Å²) in [7, 11) is -4.79. The lowest BCUT2D eigenvalue weighted by Crippen LogP contribution is -2.29. The largest absolute Gasteiger partial charge is 0.469 e. The van der Waals surface area contributed by atoms with Crippen LogP contribution in [0.1, 0.15) is 129 Å². The third-order valence-electron chi connectivity index (χ3n) is 7.42. The number of phosphoric acid groups is 1. The molecule has 0 bridgehead atoms. The summed E-state index contributed by atoms with van der Waals surface area (Å²) in [6.07, 6.45) is 35.6. The fourth-order valence-electron chi connectivity index (χ4n) is 4.63. The molecule has 0 aromatic carbocycles. The molecule has 0 aliphatic rings. The van der Waals surface area contributed by atoms with E-state index in [4.69, 9.17) is 19.3 Å². The second kappa shape index (κ2) is 33.5. The maximum atomic E-state index is 12.3. The first kappa shape index (κ1) is 47.4. The molecule has 0 spiro atoms. The minimum absolute atomic E-state index is 0.0834. The average Bonchev–Trinajstić information content (AvgIpc) is 3.07. The maximum absolute atomic E-state index is 12.3. The molecule has 0 aliphatic carbocycles. The summed E-state index contributed by atoms with van der Waals surface area (Å²) < 4.78 is 26.1. The molecule has 3 atom stereocenters. The second-order valence-corrected chi connectivity index (χ2v) is 13.5. The molecule has 286 valence electrons. The van der Waals surface area contributed by atoms with Crippen LogP contribution in [0.5, 0.6) is 0 Å². The lowest BCUT2D eigenvalue weighted by Gasteiger charge is -2.18. The van der Waals surface area contributed by atoms with E-state index in [-0.39, 0.29) is 19.4 Å². The quantitative estimate of drug-likeness (QED) is 0.0174. The number of allylic oxidation sites excluding steroid dienone is 8. The zero-order valence-electron chi connectivity index (χ0n) is 30.5. The smallest absolute Gasteiger partial charge is 0.462 e. The van der Waals surface area contributed by atoms with Gasteiger partial charge in [-0.15, -0.1) is 0 Å². The van der Waals surface area contributed by atoms with Crippen molar-refractivity contribution in [3.63, 3.8) is 0 Å². The fourth-order valence-corrected chi connectivity index (χ4v) is 4.99. The van der Waals surface area contributed by atoms with Crippen molar-refractivity contribution in [1.29, 1.82) is 0 Å². The Morgan fingerprint density at radius 2 is 1.18 bits per heavy atom. The van der Waals surface area contributed by atoms with Crippen LogP contribution in [0.25, 0.3) is 0 Å². The number of phosphoric ester groups is 1. The van der Waals surface area contributed by atoms with Gasteiger partial charge in [-0.1, -0.05) is 151 Å². The van der Waals surface area contributed by atoms with Crippen LogP contribution in [0.15, 0.2) is 72.9 Å². The third kappa shape index (κ3) is 35.2. The monoisotopic (exact) mass is 724 g/mol. The summed E-state index contributed by atoms with van der Waals surface area (Å²) in [5.41, 5.74) is 0. The van der Waals surface area contributed by atoms with Gasteiger partial charge in [-0.05, 0) is 38.5 Å². The summed E-state index contributed by atoms with van der Waals surface area (Å²) in [5.74, 6) is -1.06. The summed E-state index contributed by atoms with van der Waals surface area (Å²) in [6.45, 7) is 3.31. The molecule has 0 radical (unpaired) electrons. The predicted octanol–water partition coefficient (Wildman–Crippen LogP) is 8.67. The molecule has 0 fully saturated rings. The van der Waals surface area contributed by atoms with Crippen LogP contribution in [-0.2, 0) is 28.2 Å². The molecule has 0 saturated carbocycles. The Hall–Kier alpha value is -2.59. The molecule has 0 rings (SSSR count).